The first-order valence-corrected chi connectivity index (χ1v) is 8.09. The van der Waals surface area contributed by atoms with Crippen molar-refractivity contribution in [3.05, 3.63) is 59.7 Å². The highest BCUT2D eigenvalue weighted by Crippen LogP contribution is 2.26. The molecule has 1 unspecified atom stereocenters. The van der Waals surface area contributed by atoms with Crippen molar-refractivity contribution in [3.8, 4) is 11.5 Å². The number of guanidine groups is 1. The fourth-order valence-electron chi connectivity index (χ4n) is 2.35. The van der Waals surface area contributed by atoms with Crippen molar-refractivity contribution < 1.29 is 9.84 Å². The minimum absolute atomic E-state index is 0. The van der Waals surface area contributed by atoms with Crippen LogP contribution in [0, 0.1) is 0 Å². The van der Waals surface area contributed by atoms with Gasteiger partial charge in [0.1, 0.15) is 0 Å². The van der Waals surface area contributed by atoms with Crippen molar-refractivity contribution in [2.75, 3.05) is 13.7 Å². The SMILES string of the molecule is CCNC(=NCc1ccc(OC)c(O)c1)NC(C)c1ccccc1.I. The molecule has 1 atom stereocenters. The van der Waals surface area contributed by atoms with Crippen molar-refractivity contribution in [1.82, 2.24) is 10.6 Å². The van der Waals surface area contributed by atoms with E-state index in [1.165, 1.54) is 12.7 Å². The highest BCUT2D eigenvalue weighted by Gasteiger charge is 2.07. The first kappa shape index (κ1) is 21.1. The topological polar surface area (TPSA) is 65.9 Å². The molecular formula is C19H26IN3O2. The van der Waals surface area contributed by atoms with Gasteiger partial charge in [0.15, 0.2) is 17.5 Å². The summed E-state index contributed by atoms with van der Waals surface area (Å²) < 4.78 is 5.06. The van der Waals surface area contributed by atoms with Gasteiger partial charge in [0.05, 0.1) is 19.7 Å². The first-order valence-electron chi connectivity index (χ1n) is 8.09. The van der Waals surface area contributed by atoms with Crippen LogP contribution in [0.1, 0.15) is 31.0 Å². The predicted octanol–water partition coefficient (Wildman–Crippen LogP) is 3.84. The summed E-state index contributed by atoms with van der Waals surface area (Å²) >= 11 is 0. The quantitative estimate of drug-likeness (QED) is 0.352. The van der Waals surface area contributed by atoms with E-state index in [2.05, 4.69) is 34.7 Å². The Morgan fingerprint density at radius 2 is 1.92 bits per heavy atom. The summed E-state index contributed by atoms with van der Waals surface area (Å²) in [6.45, 7) is 5.38. The normalized spacial score (nSPS) is 12.0. The zero-order valence-electron chi connectivity index (χ0n) is 14.8. The second-order valence-corrected chi connectivity index (χ2v) is 5.48. The molecule has 0 aliphatic rings. The smallest absolute Gasteiger partial charge is 0.192 e. The summed E-state index contributed by atoms with van der Waals surface area (Å²) in [5, 5.41) is 16.5. The molecule has 25 heavy (non-hydrogen) atoms. The van der Waals surface area contributed by atoms with Crippen LogP contribution in [0.15, 0.2) is 53.5 Å². The van der Waals surface area contributed by atoms with Gasteiger partial charge in [-0.15, -0.1) is 24.0 Å². The third-order valence-corrected chi connectivity index (χ3v) is 3.66. The van der Waals surface area contributed by atoms with E-state index in [9.17, 15) is 5.11 Å². The molecule has 3 N–H and O–H groups in total. The highest BCUT2D eigenvalue weighted by molar-refractivity contribution is 14.0. The summed E-state index contributed by atoms with van der Waals surface area (Å²) in [5.74, 6) is 1.33. The number of aromatic hydroxyl groups is 1. The molecule has 5 nitrogen and oxygen atoms in total. The Morgan fingerprint density at radius 3 is 2.52 bits per heavy atom. The lowest BCUT2D eigenvalue weighted by Gasteiger charge is -2.18. The van der Waals surface area contributed by atoms with E-state index in [-0.39, 0.29) is 35.8 Å². The second kappa shape index (κ2) is 10.8. The van der Waals surface area contributed by atoms with Gasteiger partial charge in [-0.05, 0) is 37.1 Å². The fraction of sp³-hybridized carbons (Fsp3) is 0.316. The van der Waals surface area contributed by atoms with Crippen LogP contribution in [-0.2, 0) is 6.54 Å². The van der Waals surface area contributed by atoms with Gasteiger partial charge >= 0.3 is 0 Å². The molecular weight excluding hydrogens is 429 g/mol. The van der Waals surface area contributed by atoms with Crippen molar-refractivity contribution in [3.63, 3.8) is 0 Å². The van der Waals surface area contributed by atoms with Crippen LogP contribution < -0.4 is 15.4 Å². The lowest BCUT2D eigenvalue weighted by atomic mass is 10.1. The zero-order chi connectivity index (χ0) is 17.4. The summed E-state index contributed by atoms with van der Waals surface area (Å²) in [6.07, 6.45) is 0. The number of phenols is 1. The molecule has 0 radical (unpaired) electrons. The molecule has 0 bridgehead atoms. The number of phenolic OH excluding ortho intramolecular Hbond substituents is 1. The van der Waals surface area contributed by atoms with Crippen LogP contribution in [0.2, 0.25) is 0 Å². The van der Waals surface area contributed by atoms with Gasteiger partial charge in [0, 0.05) is 6.54 Å². The number of hydrogen-bond acceptors (Lipinski definition) is 3. The van der Waals surface area contributed by atoms with Crippen molar-refractivity contribution in [2.45, 2.75) is 26.4 Å². The number of hydrogen-bond donors (Lipinski definition) is 3. The standard InChI is InChI=1S/C19H25N3O2.HI/c1-4-20-19(22-14(2)16-8-6-5-7-9-16)21-13-15-10-11-18(24-3)17(23)12-15;/h5-12,14,23H,4,13H2,1-3H3,(H2,20,21,22);1H. The van der Waals surface area contributed by atoms with Crippen molar-refractivity contribution in [1.29, 1.82) is 0 Å². The number of halogens is 1. The second-order valence-electron chi connectivity index (χ2n) is 5.48. The number of aliphatic imine (C=N–C) groups is 1. The third kappa shape index (κ3) is 6.45. The number of benzene rings is 2. The maximum atomic E-state index is 9.85. The number of ether oxygens (including phenoxy) is 1. The molecule has 0 aliphatic carbocycles. The fourth-order valence-corrected chi connectivity index (χ4v) is 2.35. The Bertz CT molecular complexity index is 678. The largest absolute Gasteiger partial charge is 0.504 e. The molecule has 0 spiro atoms. The third-order valence-electron chi connectivity index (χ3n) is 3.66. The molecule has 0 aliphatic heterocycles. The van der Waals surface area contributed by atoms with Gasteiger partial charge in [-0.2, -0.15) is 0 Å². The number of nitrogens with zero attached hydrogens (tertiary/aromatic N) is 1. The van der Waals surface area contributed by atoms with E-state index in [1.807, 2.05) is 31.2 Å². The van der Waals surface area contributed by atoms with Crippen molar-refractivity contribution >= 4 is 29.9 Å². The van der Waals surface area contributed by atoms with Crippen LogP contribution in [0.4, 0.5) is 0 Å². The van der Waals surface area contributed by atoms with E-state index in [0.717, 1.165) is 18.1 Å². The minimum Gasteiger partial charge on any atom is -0.504 e. The molecule has 2 aromatic rings. The van der Waals surface area contributed by atoms with E-state index >= 15 is 0 Å². The lowest BCUT2D eigenvalue weighted by molar-refractivity contribution is 0.373. The van der Waals surface area contributed by atoms with Gasteiger partial charge in [0.25, 0.3) is 0 Å². The highest BCUT2D eigenvalue weighted by atomic mass is 127. The van der Waals surface area contributed by atoms with E-state index in [0.29, 0.717) is 12.3 Å². The number of nitrogens with one attached hydrogen (secondary N) is 2. The predicted molar refractivity (Wildman–Crippen MR) is 113 cm³/mol. The maximum absolute atomic E-state index is 9.85. The molecule has 2 rings (SSSR count). The Balaban J connectivity index is 0.00000312. The van der Waals surface area contributed by atoms with Crippen molar-refractivity contribution in [2.24, 2.45) is 4.99 Å². The van der Waals surface area contributed by atoms with Gasteiger partial charge in [-0.3, -0.25) is 0 Å². The Hall–Kier alpha value is -1.96. The monoisotopic (exact) mass is 455 g/mol. The Labute approximate surface area is 166 Å². The van der Waals surface area contributed by atoms with Gasteiger partial charge < -0.3 is 20.5 Å². The molecule has 6 heteroatoms. The van der Waals surface area contributed by atoms with Crippen LogP contribution in [0.25, 0.3) is 0 Å². The average molecular weight is 455 g/mol. The molecule has 0 aromatic heterocycles. The first-order chi connectivity index (χ1) is 11.6. The molecule has 0 heterocycles. The van der Waals surface area contributed by atoms with Crippen LogP contribution in [0.3, 0.4) is 0 Å². The summed E-state index contributed by atoms with van der Waals surface area (Å²) in [6, 6.07) is 15.7. The molecule has 2 aromatic carbocycles. The number of methoxy groups -OCH3 is 1. The van der Waals surface area contributed by atoms with Gasteiger partial charge in [-0.25, -0.2) is 4.99 Å². The van der Waals surface area contributed by atoms with Crippen LogP contribution in [0.5, 0.6) is 11.5 Å². The lowest BCUT2D eigenvalue weighted by Crippen LogP contribution is -2.38. The minimum atomic E-state index is 0. The molecule has 136 valence electrons. The maximum Gasteiger partial charge on any atom is 0.192 e. The average Bonchev–Trinajstić information content (AvgIpc) is 2.60. The van der Waals surface area contributed by atoms with Gasteiger partial charge in [0.2, 0.25) is 0 Å². The van der Waals surface area contributed by atoms with Crippen LogP contribution >= 0.6 is 24.0 Å². The summed E-state index contributed by atoms with van der Waals surface area (Å²) in [4.78, 5) is 4.59. The zero-order valence-corrected chi connectivity index (χ0v) is 17.2. The summed E-state index contributed by atoms with van der Waals surface area (Å²) in [7, 11) is 1.53. The van der Waals surface area contributed by atoms with E-state index in [1.54, 1.807) is 12.1 Å². The summed E-state index contributed by atoms with van der Waals surface area (Å²) in [5.41, 5.74) is 2.11. The molecule has 0 amide bonds. The molecule has 0 saturated heterocycles. The molecule has 0 saturated carbocycles. The Kier molecular flexibility index (Phi) is 9.12. The molecule has 0 fully saturated rings. The van der Waals surface area contributed by atoms with E-state index in [4.69, 9.17) is 4.74 Å². The van der Waals surface area contributed by atoms with Crippen LogP contribution in [-0.4, -0.2) is 24.7 Å². The van der Waals surface area contributed by atoms with Gasteiger partial charge in [-0.1, -0.05) is 36.4 Å². The van der Waals surface area contributed by atoms with E-state index < -0.39 is 0 Å². The number of rotatable bonds is 6. The Morgan fingerprint density at radius 1 is 1.20 bits per heavy atom.